The Balaban J connectivity index is 2.08. The molecule has 1 N–H and O–H groups in total. The van der Waals surface area contributed by atoms with E-state index >= 15 is 0 Å². The molecule has 4 nitrogen and oxygen atoms in total. The molecule has 17 heavy (non-hydrogen) atoms. The number of carbonyl (C=O) groups excluding carboxylic acids is 1. The van der Waals surface area contributed by atoms with E-state index in [1.807, 2.05) is 26.0 Å². The van der Waals surface area contributed by atoms with Crippen LogP contribution in [0.15, 0.2) is 41.3 Å². The van der Waals surface area contributed by atoms with Gasteiger partial charge in [-0.3, -0.25) is 9.78 Å². The van der Waals surface area contributed by atoms with Crippen molar-refractivity contribution in [2.45, 2.75) is 19.9 Å². The third-order valence-corrected chi connectivity index (χ3v) is 2.62. The molecule has 0 saturated heterocycles. The molecule has 2 aromatic rings. The number of amides is 1. The van der Waals surface area contributed by atoms with Gasteiger partial charge in [-0.25, -0.2) is 0 Å². The molecule has 0 aliphatic rings. The zero-order valence-electron chi connectivity index (χ0n) is 9.81. The first-order chi connectivity index (χ1) is 8.18. The van der Waals surface area contributed by atoms with Crippen molar-refractivity contribution in [3.63, 3.8) is 0 Å². The Hall–Kier alpha value is -2.10. The zero-order chi connectivity index (χ0) is 12.3. The van der Waals surface area contributed by atoms with Gasteiger partial charge in [0, 0.05) is 18.0 Å². The molecule has 0 aliphatic carbocycles. The summed E-state index contributed by atoms with van der Waals surface area (Å²) in [6.07, 6.45) is 4.92. The Morgan fingerprint density at radius 2 is 2.06 bits per heavy atom. The van der Waals surface area contributed by atoms with Gasteiger partial charge in [0.1, 0.15) is 0 Å². The summed E-state index contributed by atoms with van der Waals surface area (Å²) in [5.41, 5.74) is 1.85. The first kappa shape index (κ1) is 11.4. The summed E-state index contributed by atoms with van der Waals surface area (Å²) >= 11 is 0. The van der Waals surface area contributed by atoms with E-state index < -0.39 is 0 Å². The number of aryl methyl sites for hydroxylation is 1. The zero-order valence-corrected chi connectivity index (χ0v) is 9.81. The molecule has 1 unspecified atom stereocenters. The van der Waals surface area contributed by atoms with Crippen LogP contribution in [0.25, 0.3) is 0 Å². The van der Waals surface area contributed by atoms with E-state index in [1.165, 1.54) is 6.26 Å². The summed E-state index contributed by atoms with van der Waals surface area (Å²) in [6.45, 7) is 3.76. The SMILES string of the molecule is Cc1ccoc1C(=O)NC(C)c1ccncc1. The van der Waals surface area contributed by atoms with Gasteiger partial charge in [0.25, 0.3) is 5.91 Å². The van der Waals surface area contributed by atoms with E-state index in [2.05, 4.69) is 10.3 Å². The molecule has 88 valence electrons. The number of pyridine rings is 1. The van der Waals surface area contributed by atoms with Crippen molar-refractivity contribution in [1.29, 1.82) is 0 Å². The van der Waals surface area contributed by atoms with E-state index in [1.54, 1.807) is 18.5 Å². The van der Waals surface area contributed by atoms with E-state index in [0.717, 1.165) is 11.1 Å². The largest absolute Gasteiger partial charge is 0.459 e. The number of rotatable bonds is 3. The average Bonchev–Trinajstić information content (AvgIpc) is 2.76. The van der Waals surface area contributed by atoms with Crippen LogP contribution in [0.1, 0.15) is 34.6 Å². The van der Waals surface area contributed by atoms with Gasteiger partial charge in [0.2, 0.25) is 0 Å². The fourth-order valence-corrected chi connectivity index (χ4v) is 1.60. The van der Waals surface area contributed by atoms with Gasteiger partial charge in [-0.15, -0.1) is 0 Å². The Bertz CT molecular complexity index is 505. The summed E-state index contributed by atoms with van der Waals surface area (Å²) in [4.78, 5) is 15.8. The number of nitrogens with one attached hydrogen (secondary N) is 1. The van der Waals surface area contributed by atoms with Crippen LogP contribution in [0.5, 0.6) is 0 Å². The van der Waals surface area contributed by atoms with Crippen molar-refractivity contribution in [3.8, 4) is 0 Å². The maximum absolute atomic E-state index is 11.9. The van der Waals surface area contributed by atoms with Gasteiger partial charge in [-0.05, 0) is 37.6 Å². The fraction of sp³-hybridized carbons (Fsp3) is 0.231. The minimum Gasteiger partial charge on any atom is -0.459 e. The van der Waals surface area contributed by atoms with Gasteiger partial charge < -0.3 is 9.73 Å². The quantitative estimate of drug-likeness (QED) is 0.881. The molecule has 2 rings (SSSR count). The highest BCUT2D eigenvalue weighted by Crippen LogP contribution is 2.13. The summed E-state index contributed by atoms with van der Waals surface area (Å²) in [5.74, 6) is 0.169. The second kappa shape index (κ2) is 4.82. The molecule has 0 aliphatic heterocycles. The smallest absolute Gasteiger partial charge is 0.287 e. The lowest BCUT2D eigenvalue weighted by Crippen LogP contribution is -2.26. The van der Waals surface area contributed by atoms with E-state index in [4.69, 9.17) is 4.42 Å². The lowest BCUT2D eigenvalue weighted by molar-refractivity contribution is 0.0911. The van der Waals surface area contributed by atoms with Gasteiger partial charge in [-0.1, -0.05) is 0 Å². The number of hydrogen-bond donors (Lipinski definition) is 1. The third-order valence-electron chi connectivity index (χ3n) is 2.62. The lowest BCUT2D eigenvalue weighted by atomic mass is 10.1. The van der Waals surface area contributed by atoms with Crippen molar-refractivity contribution in [3.05, 3.63) is 53.7 Å². The van der Waals surface area contributed by atoms with E-state index in [-0.39, 0.29) is 11.9 Å². The highest BCUT2D eigenvalue weighted by Gasteiger charge is 2.15. The second-order valence-corrected chi connectivity index (χ2v) is 3.91. The predicted molar refractivity (Wildman–Crippen MR) is 63.6 cm³/mol. The second-order valence-electron chi connectivity index (χ2n) is 3.91. The van der Waals surface area contributed by atoms with E-state index in [9.17, 15) is 4.79 Å². The normalized spacial score (nSPS) is 12.1. The van der Waals surface area contributed by atoms with Crippen molar-refractivity contribution < 1.29 is 9.21 Å². The van der Waals surface area contributed by atoms with E-state index in [0.29, 0.717) is 5.76 Å². The maximum atomic E-state index is 11.9. The average molecular weight is 230 g/mol. The minimum atomic E-state index is -0.197. The molecule has 0 aromatic carbocycles. The van der Waals surface area contributed by atoms with Crippen LogP contribution in [-0.4, -0.2) is 10.9 Å². The standard InChI is InChI=1S/C13H14N2O2/c1-9-5-8-17-12(9)13(16)15-10(2)11-3-6-14-7-4-11/h3-8,10H,1-2H3,(H,15,16). The van der Waals surface area contributed by atoms with Crippen LogP contribution >= 0.6 is 0 Å². The highest BCUT2D eigenvalue weighted by atomic mass is 16.3. The molecule has 0 fully saturated rings. The summed E-state index contributed by atoms with van der Waals surface area (Å²) in [6, 6.07) is 5.45. The molecule has 2 heterocycles. The molecular formula is C13H14N2O2. The highest BCUT2D eigenvalue weighted by molar-refractivity contribution is 5.93. The van der Waals surface area contributed by atoms with Crippen LogP contribution < -0.4 is 5.32 Å². The van der Waals surface area contributed by atoms with Crippen LogP contribution in [0.2, 0.25) is 0 Å². The summed E-state index contributed by atoms with van der Waals surface area (Å²) in [5, 5.41) is 2.88. The maximum Gasteiger partial charge on any atom is 0.287 e. The Morgan fingerprint density at radius 3 is 2.65 bits per heavy atom. The molecule has 0 spiro atoms. The number of aromatic nitrogens is 1. The van der Waals surface area contributed by atoms with Crippen molar-refractivity contribution in [2.75, 3.05) is 0 Å². The minimum absolute atomic E-state index is 0.0741. The predicted octanol–water partition coefficient (Wildman–Crippen LogP) is 2.47. The molecule has 1 amide bonds. The van der Waals surface area contributed by atoms with Crippen molar-refractivity contribution in [1.82, 2.24) is 10.3 Å². The monoisotopic (exact) mass is 230 g/mol. The summed E-state index contributed by atoms with van der Waals surface area (Å²) in [7, 11) is 0. The number of hydrogen-bond acceptors (Lipinski definition) is 3. The van der Waals surface area contributed by atoms with Gasteiger partial charge in [0.05, 0.1) is 12.3 Å². The first-order valence-electron chi connectivity index (χ1n) is 5.43. The van der Waals surface area contributed by atoms with Crippen LogP contribution in [-0.2, 0) is 0 Å². The molecule has 2 aromatic heterocycles. The Labute approximate surface area is 99.7 Å². The number of nitrogens with zero attached hydrogens (tertiary/aromatic N) is 1. The fourth-order valence-electron chi connectivity index (χ4n) is 1.60. The van der Waals surface area contributed by atoms with Crippen molar-refractivity contribution in [2.24, 2.45) is 0 Å². The van der Waals surface area contributed by atoms with Gasteiger partial charge in [0.15, 0.2) is 5.76 Å². The Morgan fingerprint density at radius 1 is 1.35 bits per heavy atom. The van der Waals surface area contributed by atoms with Crippen LogP contribution in [0.3, 0.4) is 0 Å². The molecule has 0 bridgehead atoms. The van der Waals surface area contributed by atoms with Crippen LogP contribution in [0, 0.1) is 6.92 Å². The molecule has 0 radical (unpaired) electrons. The lowest BCUT2D eigenvalue weighted by Gasteiger charge is -2.13. The van der Waals surface area contributed by atoms with Crippen LogP contribution in [0.4, 0.5) is 0 Å². The molecular weight excluding hydrogens is 216 g/mol. The Kier molecular flexibility index (Phi) is 3.23. The third kappa shape index (κ3) is 2.53. The molecule has 4 heteroatoms. The molecule has 0 saturated carbocycles. The summed E-state index contributed by atoms with van der Waals surface area (Å²) < 4.78 is 5.14. The van der Waals surface area contributed by atoms with Gasteiger partial charge in [-0.2, -0.15) is 0 Å². The number of furan rings is 1. The molecule has 1 atom stereocenters. The topological polar surface area (TPSA) is 55.1 Å². The van der Waals surface area contributed by atoms with Gasteiger partial charge >= 0.3 is 0 Å². The first-order valence-corrected chi connectivity index (χ1v) is 5.43. The van der Waals surface area contributed by atoms with Crippen molar-refractivity contribution >= 4 is 5.91 Å². The number of carbonyl (C=O) groups is 1.